The van der Waals surface area contributed by atoms with Crippen LogP contribution in [0.25, 0.3) is 10.9 Å². The zero-order valence-corrected chi connectivity index (χ0v) is 12.2. The summed E-state index contributed by atoms with van der Waals surface area (Å²) in [6.45, 7) is 5.20. The normalized spacial score (nSPS) is 10.9. The molecule has 0 atom stereocenters. The molecule has 1 aromatic heterocycles. The summed E-state index contributed by atoms with van der Waals surface area (Å²) in [4.78, 5) is 4.55. The van der Waals surface area contributed by atoms with E-state index in [2.05, 4.69) is 22.4 Å². The lowest BCUT2D eigenvalue weighted by Crippen LogP contribution is -2.22. The molecule has 0 radical (unpaired) electrons. The third kappa shape index (κ3) is 4.18. The molecule has 0 saturated heterocycles. The van der Waals surface area contributed by atoms with Crippen molar-refractivity contribution >= 4 is 10.9 Å². The Hall–Kier alpha value is -1.65. The molecule has 20 heavy (non-hydrogen) atoms. The lowest BCUT2D eigenvalue weighted by atomic mass is 10.2. The summed E-state index contributed by atoms with van der Waals surface area (Å²) in [6.07, 6.45) is 1.02. The van der Waals surface area contributed by atoms with Crippen molar-refractivity contribution in [3.8, 4) is 5.75 Å². The molecule has 108 valence electrons. The van der Waals surface area contributed by atoms with Crippen molar-refractivity contribution in [2.24, 2.45) is 0 Å². The molecule has 1 heterocycles. The smallest absolute Gasteiger partial charge is 0.145 e. The summed E-state index contributed by atoms with van der Waals surface area (Å²) in [5.41, 5.74) is 1.94. The van der Waals surface area contributed by atoms with Gasteiger partial charge in [0.25, 0.3) is 0 Å². The van der Waals surface area contributed by atoms with E-state index in [0.717, 1.165) is 48.5 Å². The fraction of sp³-hybridized carbons (Fsp3) is 0.438. The van der Waals surface area contributed by atoms with Crippen molar-refractivity contribution in [2.45, 2.75) is 13.3 Å². The molecule has 0 aliphatic carbocycles. The minimum atomic E-state index is 0.641. The van der Waals surface area contributed by atoms with Gasteiger partial charge in [-0.3, -0.25) is 0 Å². The molecule has 0 bridgehead atoms. The van der Waals surface area contributed by atoms with Crippen LogP contribution in [0, 0.1) is 6.92 Å². The van der Waals surface area contributed by atoms with E-state index in [1.165, 1.54) is 0 Å². The van der Waals surface area contributed by atoms with Gasteiger partial charge in [-0.05, 0) is 32.0 Å². The maximum Gasteiger partial charge on any atom is 0.145 e. The number of hydrogen-bond donors (Lipinski definition) is 1. The SMILES string of the molecule is COCCCNCCOc1cccc2ccc(C)nc12. The first-order valence-corrected chi connectivity index (χ1v) is 7.00. The summed E-state index contributed by atoms with van der Waals surface area (Å²) in [6, 6.07) is 10.1. The third-order valence-corrected chi connectivity index (χ3v) is 3.06. The van der Waals surface area contributed by atoms with Gasteiger partial charge in [0.1, 0.15) is 17.9 Å². The van der Waals surface area contributed by atoms with Gasteiger partial charge in [-0.2, -0.15) is 0 Å². The highest BCUT2D eigenvalue weighted by molar-refractivity contribution is 5.84. The Morgan fingerprint density at radius 1 is 1.10 bits per heavy atom. The van der Waals surface area contributed by atoms with Gasteiger partial charge in [0.15, 0.2) is 0 Å². The Balaban J connectivity index is 1.85. The van der Waals surface area contributed by atoms with Crippen LogP contribution in [-0.4, -0.2) is 38.4 Å². The number of methoxy groups -OCH3 is 1. The van der Waals surface area contributed by atoms with Gasteiger partial charge in [0.05, 0.1) is 0 Å². The largest absolute Gasteiger partial charge is 0.490 e. The average Bonchev–Trinajstić information content (AvgIpc) is 2.46. The standard InChI is InChI=1S/C16H22N2O2/c1-13-7-8-14-5-3-6-15(16(14)18-13)20-12-10-17-9-4-11-19-2/h3,5-8,17H,4,9-12H2,1-2H3. The van der Waals surface area contributed by atoms with Gasteiger partial charge < -0.3 is 14.8 Å². The van der Waals surface area contributed by atoms with E-state index in [1.54, 1.807) is 7.11 Å². The van der Waals surface area contributed by atoms with Crippen molar-refractivity contribution in [2.75, 3.05) is 33.4 Å². The fourth-order valence-electron chi connectivity index (χ4n) is 2.03. The molecule has 4 nitrogen and oxygen atoms in total. The van der Waals surface area contributed by atoms with Gasteiger partial charge in [0.2, 0.25) is 0 Å². The molecule has 0 spiro atoms. The van der Waals surface area contributed by atoms with Gasteiger partial charge in [-0.25, -0.2) is 4.98 Å². The van der Waals surface area contributed by atoms with Crippen LogP contribution in [0.4, 0.5) is 0 Å². The highest BCUT2D eigenvalue weighted by atomic mass is 16.5. The molecule has 0 amide bonds. The number of hydrogen-bond acceptors (Lipinski definition) is 4. The number of aromatic nitrogens is 1. The molecule has 0 fully saturated rings. The lowest BCUT2D eigenvalue weighted by Gasteiger charge is -2.10. The monoisotopic (exact) mass is 274 g/mol. The van der Waals surface area contributed by atoms with Crippen LogP contribution in [0.5, 0.6) is 5.75 Å². The Kier molecular flexibility index (Phi) is 5.77. The average molecular weight is 274 g/mol. The molecule has 0 aliphatic rings. The summed E-state index contributed by atoms with van der Waals surface area (Å²) in [5, 5.41) is 4.44. The minimum absolute atomic E-state index is 0.641. The molecule has 2 rings (SSSR count). The Bertz CT molecular complexity index is 543. The van der Waals surface area contributed by atoms with Crippen molar-refractivity contribution in [3.05, 3.63) is 36.0 Å². The van der Waals surface area contributed by atoms with Crippen molar-refractivity contribution in [1.29, 1.82) is 0 Å². The van der Waals surface area contributed by atoms with Gasteiger partial charge in [-0.1, -0.05) is 18.2 Å². The van der Waals surface area contributed by atoms with Crippen LogP contribution in [0.15, 0.2) is 30.3 Å². The summed E-state index contributed by atoms with van der Waals surface area (Å²) >= 11 is 0. The van der Waals surface area contributed by atoms with Crippen molar-refractivity contribution < 1.29 is 9.47 Å². The summed E-state index contributed by atoms with van der Waals surface area (Å²) in [7, 11) is 1.72. The first-order chi connectivity index (χ1) is 9.81. The van der Waals surface area contributed by atoms with Crippen LogP contribution >= 0.6 is 0 Å². The van der Waals surface area contributed by atoms with Crippen LogP contribution in [0.2, 0.25) is 0 Å². The second-order valence-corrected chi connectivity index (χ2v) is 4.73. The second kappa shape index (κ2) is 7.82. The Labute approximate surface area is 120 Å². The number of benzene rings is 1. The Morgan fingerprint density at radius 2 is 2.00 bits per heavy atom. The number of ether oxygens (including phenoxy) is 2. The number of rotatable bonds is 8. The number of para-hydroxylation sites is 1. The van der Waals surface area contributed by atoms with E-state index in [0.29, 0.717) is 6.61 Å². The number of aryl methyl sites for hydroxylation is 1. The Morgan fingerprint density at radius 3 is 2.85 bits per heavy atom. The lowest BCUT2D eigenvalue weighted by molar-refractivity contribution is 0.193. The zero-order valence-electron chi connectivity index (χ0n) is 12.2. The number of nitrogens with one attached hydrogen (secondary N) is 1. The highest BCUT2D eigenvalue weighted by Crippen LogP contribution is 2.23. The van der Waals surface area contributed by atoms with E-state index in [9.17, 15) is 0 Å². The molecule has 0 saturated carbocycles. The van der Waals surface area contributed by atoms with E-state index < -0.39 is 0 Å². The quantitative estimate of drug-likeness (QED) is 0.751. The van der Waals surface area contributed by atoms with Crippen LogP contribution in [0.3, 0.4) is 0 Å². The third-order valence-electron chi connectivity index (χ3n) is 3.06. The van der Waals surface area contributed by atoms with Gasteiger partial charge in [-0.15, -0.1) is 0 Å². The predicted molar refractivity (Wildman–Crippen MR) is 81.3 cm³/mol. The van der Waals surface area contributed by atoms with Crippen LogP contribution in [0.1, 0.15) is 12.1 Å². The van der Waals surface area contributed by atoms with E-state index >= 15 is 0 Å². The van der Waals surface area contributed by atoms with Crippen LogP contribution < -0.4 is 10.1 Å². The second-order valence-electron chi connectivity index (χ2n) is 4.73. The molecular formula is C16H22N2O2. The molecule has 1 aromatic carbocycles. The summed E-state index contributed by atoms with van der Waals surface area (Å²) in [5.74, 6) is 0.852. The molecule has 1 N–H and O–H groups in total. The molecule has 2 aromatic rings. The van der Waals surface area contributed by atoms with E-state index in [4.69, 9.17) is 9.47 Å². The zero-order chi connectivity index (χ0) is 14.2. The molecular weight excluding hydrogens is 252 g/mol. The first-order valence-electron chi connectivity index (χ1n) is 7.00. The number of fused-ring (bicyclic) bond motifs is 1. The topological polar surface area (TPSA) is 43.4 Å². The molecule has 0 unspecified atom stereocenters. The van der Waals surface area contributed by atoms with E-state index in [1.807, 2.05) is 25.1 Å². The van der Waals surface area contributed by atoms with Gasteiger partial charge in [0, 0.05) is 31.3 Å². The molecule has 0 aliphatic heterocycles. The van der Waals surface area contributed by atoms with Crippen molar-refractivity contribution in [1.82, 2.24) is 10.3 Å². The predicted octanol–water partition coefficient (Wildman–Crippen LogP) is 2.55. The number of nitrogens with zero attached hydrogens (tertiary/aromatic N) is 1. The number of pyridine rings is 1. The van der Waals surface area contributed by atoms with E-state index in [-0.39, 0.29) is 0 Å². The van der Waals surface area contributed by atoms with Gasteiger partial charge >= 0.3 is 0 Å². The fourth-order valence-corrected chi connectivity index (χ4v) is 2.03. The summed E-state index contributed by atoms with van der Waals surface area (Å²) < 4.78 is 10.8. The maximum atomic E-state index is 5.82. The highest BCUT2D eigenvalue weighted by Gasteiger charge is 2.03. The molecule has 4 heteroatoms. The van der Waals surface area contributed by atoms with Crippen LogP contribution in [-0.2, 0) is 4.74 Å². The minimum Gasteiger partial charge on any atom is -0.490 e. The van der Waals surface area contributed by atoms with Crippen molar-refractivity contribution in [3.63, 3.8) is 0 Å². The first kappa shape index (κ1) is 14.8. The maximum absolute atomic E-state index is 5.82.